The van der Waals surface area contributed by atoms with Gasteiger partial charge in [-0.1, -0.05) is 6.07 Å². The number of hydrogen-bond donors (Lipinski definition) is 0. The van der Waals surface area contributed by atoms with Crippen molar-refractivity contribution in [2.45, 2.75) is 0 Å². The van der Waals surface area contributed by atoms with Crippen molar-refractivity contribution in [3.05, 3.63) is 206 Å². The first kappa shape index (κ1) is 32.5. The van der Waals surface area contributed by atoms with Crippen LogP contribution in [0.5, 0.6) is 0 Å². The zero-order chi connectivity index (χ0) is 37.5. The number of rotatable bonds is 4. The van der Waals surface area contributed by atoms with Crippen molar-refractivity contribution in [3.63, 3.8) is 0 Å². The zero-order valence-electron chi connectivity index (χ0n) is 31.0. The Labute approximate surface area is 336 Å². The van der Waals surface area contributed by atoms with E-state index < -0.39 is 0 Å². The van der Waals surface area contributed by atoms with Crippen molar-refractivity contribution in [1.29, 1.82) is 0 Å². The van der Waals surface area contributed by atoms with E-state index in [1.807, 2.05) is 0 Å². The first-order valence-electron chi connectivity index (χ1n) is 19.7. The molecule has 12 aromatic rings. The molecule has 1 aromatic heterocycles. The van der Waals surface area contributed by atoms with Gasteiger partial charge in [0, 0.05) is 0 Å². The summed E-state index contributed by atoms with van der Waals surface area (Å²) in [6.07, 6.45) is 0. The predicted octanol–water partition coefficient (Wildman–Crippen LogP) is 15.5. The fourth-order valence-corrected chi connectivity index (χ4v) is 12.2. The van der Waals surface area contributed by atoms with Gasteiger partial charge in [-0.25, -0.2) is 0 Å². The normalized spacial score (nSPS) is 11.9. The fourth-order valence-electron chi connectivity index (χ4n) is 9.66. The topological polar surface area (TPSA) is 0 Å². The Hall–Kier alpha value is -6.76. The number of fused-ring (bicyclic) bond motifs is 8. The summed E-state index contributed by atoms with van der Waals surface area (Å²) in [7, 11) is 0. The second-order valence-electron chi connectivity index (χ2n) is 15.1. The van der Waals surface area contributed by atoms with Gasteiger partial charge in [0.25, 0.3) is 0 Å². The summed E-state index contributed by atoms with van der Waals surface area (Å²) in [5.41, 5.74) is 10.4. The molecule has 0 radical (unpaired) electrons. The van der Waals surface area contributed by atoms with E-state index in [0.29, 0.717) is 0 Å². The zero-order valence-corrected chi connectivity index (χ0v) is 32.8. The minimum atomic E-state index is 0.155. The predicted molar refractivity (Wildman–Crippen MR) is 248 cm³/mol. The number of hydrogen-bond acceptors (Lipinski definition) is 0. The third-order valence-electron chi connectivity index (χ3n) is 12.0. The van der Waals surface area contributed by atoms with Crippen LogP contribution in [-0.4, -0.2) is 14.5 Å². The standard InChI is InChI=1S/C56H34Se/c1-2-17-36(18-3-1)52-40-21-6-12-27-46(40)55(47-28-13-7-22-41(47)52)49-31-15-30-48-50-34-37(32-33-51(50)57-56(48)49)53-42-23-8-10-25-44(42)54(45-26-11-9-24-43(45)53)39-29-14-19-35-16-4-5-20-38(35)39/h1-34H. The molecule has 57 heavy (non-hydrogen) atoms. The Morgan fingerprint density at radius 2 is 0.667 bits per heavy atom. The van der Waals surface area contributed by atoms with E-state index in [4.69, 9.17) is 0 Å². The van der Waals surface area contributed by atoms with Gasteiger partial charge in [0.05, 0.1) is 0 Å². The van der Waals surface area contributed by atoms with Crippen LogP contribution in [0.3, 0.4) is 0 Å². The van der Waals surface area contributed by atoms with Gasteiger partial charge in [-0.2, -0.15) is 0 Å². The van der Waals surface area contributed by atoms with Crippen LogP contribution in [0.4, 0.5) is 0 Å². The molecule has 0 aliphatic rings. The molecule has 0 saturated heterocycles. The summed E-state index contributed by atoms with van der Waals surface area (Å²) >= 11 is 0.155. The molecule has 0 nitrogen and oxygen atoms in total. The van der Waals surface area contributed by atoms with Crippen LogP contribution < -0.4 is 0 Å². The van der Waals surface area contributed by atoms with Gasteiger partial charge in [-0.3, -0.25) is 0 Å². The molecule has 0 aliphatic carbocycles. The van der Waals surface area contributed by atoms with Gasteiger partial charge in [-0.15, -0.1) is 0 Å². The third kappa shape index (κ3) is 4.93. The molecule has 0 saturated carbocycles. The van der Waals surface area contributed by atoms with Gasteiger partial charge in [0.15, 0.2) is 0 Å². The first-order chi connectivity index (χ1) is 28.3. The third-order valence-corrected chi connectivity index (χ3v) is 14.6. The van der Waals surface area contributed by atoms with Gasteiger partial charge in [0.1, 0.15) is 0 Å². The van der Waals surface area contributed by atoms with E-state index in [2.05, 4.69) is 206 Å². The second-order valence-corrected chi connectivity index (χ2v) is 17.3. The van der Waals surface area contributed by atoms with E-state index in [1.165, 1.54) is 118 Å². The Kier molecular flexibility index (Phi) is 7.35. The van der Waals surface area contributed by atoms with Crippen LogP contribution in [0.2, 0.25) is 0 Å². The Morgan fingerprint density at radius 1 is 0.246 bits per heavy atom. The minimum absolute atomic E-state index is 0.155. The quantitative estimate of drug-likeness (QED) is 0.123. The fraction of sp³-hybridized carbons (Fsp3) is 0. The van der Waals surface area contributed by atoms with Crippen LogP contribution in [0, 0.1) is 0 Å². The van der Waals surface area contributed by atoms with Crippen molar-refractivity contribution in [1.82, 2.24) is 0 Å². The summed E-state index contributed by atoms with van der Waals surface area (Å²) in [5.74, 6) is 0. The average Bonchev–Trinajstić information content (AvgIpc) is 3.66. The first-order valence-corrected chi connectivity index (χ1v) is 21.4. The molecule has 0 bridgehead atoms. The van der Waals surface area contributed by atoms with E-state index in [1.54, 1.807) is 0 Å². The Balaban J connectivity index is 1.12. The maximum absolute atomic E-state index is 2.49. The second kappa shape index (κ2) is 12.9. The summed E-state index contributed by atoms with van der Waals surface area (Å²) in [5, 5.41) is 15.6. The van der Waals surface area contributed by atoms with Crippen molar-refractivity contribution < 1.29 is 0 Å². The SMILES string of the molecule is c1ccc(-c2c3ccccc3c(-c3cccc4c3[se]c3ccc(-c5c6ccccc6c(-c6cccc7ccccc67)c6ccccc56)cc34)c3ccccc23)cc1. The maximum atomic E-state index is 2.49. The van der Waals surface area contributed by atoms with E-state index in [9.17, 15) is 0 Å². The molecule has 264 valence electrons. The Morgan fingerprint density at radius 3 is 1.26 bits per heavy atom. The molecule has 1 heterocycles. The molecular formula is C56H34Se. The van der Waals surface area contributed by atoms with Crippen molar-refractivity contribution >= 4 is 87.7 Å². The Bertz CT molecular complexity index is 3450. The van der Waals surface area contributed by atoms with Crippen molar-refractivity contribution in [3.8, 4) is 44.5 Å². The van der Waals surface area contributed by atoms with Crippen molar-refractivity contribution in [2.24, 2.45) is 0 Å². The summed E-state index contributed by atoms with van der Waals surface area (Å²) < 4.78 is 2.92. The number of benzene rings is 11. The van der Waals surface area contributed by atoms with Crippen molar-refractivity contribution in [2.75, 3.05) is 0 Å². The molecule has 0 amide bonds. The van der Waals surface area contributed by atoms with Crippen LogP contribution in [0.25, 0.3) is 118 Å². The molecule has 0 N–H and O–H groups in total. The van der Waals surface area contributed by atoms with Crippen LogP contribution >= 0.6 is 0 Å². The van der Waals surface area contributed by atoms with Gasteiger partial charge < -0.3 is 0 Å². The molecule has 0 spiro atoms. The molecule has 11 aromatic carbocycles. The molecule has 0 fully saturated rings. The van der Waals surface area contributed by atoms with E-state index in [-0.39, 0.29) is 14.5 Å². The summed E-state index contributed by atoms with van der Waals surface area (Å²) in [6, 6.07) is 76.8. The molecule has 0 atom stereocenters. The van der Waals surface area contributed by atoms with Crippen LogP contribution in [-0.2, 0) is 0 Å². The van der Waals surface area contributed by atoms with Gasteiger partial charge in [-0.05, 0) is 0 Å². The van der Waals surface area contributed by atoms with E-state index in [0.717, 1.165) is 0 Å². The average molecular weight is 786 g/mol. The molecule has 1 heteroatoms. The molecular weight excluding hydrogens is 752 g/mol. The monoisotopic (exact) mass is 786 g/mol. The van der Waals surface area contributed by atoms with Gasteiger partial charge in [0.2, 0.25) is 0 Å². The molecule has 0 aliphatic heterocycles. The summed E-state index contributed by atoms with van der Waals surface area (Å²) in [4.78, 5) is 0. The van der Waals surface area contributed by atoms with Gasteiger partial charge >= 0.3 is 332 Å². The van der Waals surface area contributed by atoms with Crippen LogP contribution in [0.15, 0.2) is 206 Å². The summed E-state index contributed by atoms with van der Waals surface area (Å²) in [6.45, 7) is 0. The molecule has 0 unspecified atom stereocenters. The van der Waals surface area contributed by atoms with E-state index >= 15 is 0 Å². The molecule has 12 rings (SSSR count). The van der Waals surface area contributed by atoms with Crippen LogP contribution in [0.1, 0.15) is 0 Å².